The number of ether oxygens (including phenoxy) is 1. The van der Waals surface area contributed by atoms with Crippen molar-refractivity contribution in [2.45, 2.75) is 69.2 Å². The summed E-state index contributed by atoms with van der Waals surface area (Å²) < 4.78 is 48.2. The molecule has 49 heavy (non-hydrogen) atoms. The molecule has 0 spiro atoms. The van der Waals surface area contributed by atoms with E-state index in [9.17, 15) is 22.8 Å². The van der Waals surface area contributed by atoms with Gasteiger partial charge in [0, 0.05) is 76.9 Å². The van der Waals surface area contributed by atoms with Gasteiger partial charge in [0.1, 0.15) is 0 Å². The van der Waals surface area contributed by atoms with E-state index >= 15 is 0 Å². The lowest BCUT2D eigenvalue weighted by molar-refractivity contribution is -0.369. The summed E-state index contributed by atoms with van der Waals surface area (Å²) in [5, 5.41) is 3.21. The van der Waals surface area contributed by atoms with Crippen molar-refractivity contribution in [3.05, 3.63) is 58.1 Å². The van der Waals surface area contributed by atoms with Crippen molar-refractivity contribution < 1.29 is 27.5 Å². The first-order valence-electron chi connectivity index (χ1n) is 17.3. The Labute approximate surface area is 290 Å². The summed E-state index contributed by atoms with van der Waals surface area (Å²) in [7, 11) is 2.12. The number of nitrogens with two attached hydrogens (primary N) is 1. The Morgan fingerprint density at radius 2 is 1.78 bits per heavy atom. The number of hydrogen-bond acceptors (Lipinski definition) is 8. The number of benzene rings is 2. The average molecular weight is 704 g/mol. The Kier molecular flexibility index (Phi) is 9.50. The van der Waals surface area contributed by atoms with Crippen molar-refractivity contribution in [3.8, 4) is 0 Å². The summed E-state index contributed by atoms with van der Waals surface area (Å²) in [4.78, 5) is 39.1. The number of para-hydroxylation sites is 1. The molecule has 3 unspecified atom stereocenters. The van der Waals surface area contributed by atoms with Crippen LogP contribution in [-0.2, 0) is 33.5 Å². The Bertz CT molecular complexity index is 1560. The van der Waals surface area contributed by atoms with Gasteiger partial charge >= 0.3 is 6.18 Å². The van der Waals surface area contributed by atoms with Gasteiger partial charge in [0.15, 0.2) is 0 Å². The molecule has 5 fully saturated rings. The maximum atomic E-state index is 14.3. The van der Waals surface area contributed by atoms with Crippen LogP contribution in [0.15, 0.2) is 36.4 Å². The van der Waals surface area contributed by atoms with Gasteiger partial charge in [-0.3, -0.25) is 14.5 Å². The number of carbonyl (C=O) groups is 2. The fraction of sp³-hybridized carbons (Fsp3) is 0.600. The summed E-state index contributed by atoms with van der Waals surface area (Å²) in [6.07, 6.45) is -1.92. The molecule has 6 aliphatic rings. The van der Waals surface area contributed by atoms with Gasteiger partial charge in [-0.05, 0) is 62.1 Å². The van der Waals surface area contributed by atoms with Gasteiger partial charge < -0.3 is 30.5 Å². The number of halogens is 4. The van der Waals surface area contributed by atoms with Gasteiger partial charge in [0.2, 0.25) is 17.7 Å². The van der Waals surface area contributed by atoms with E-state index in [2.05, 4.69) is 27.1 Å². The summed E-state index contributed by atoms with van der Waals surface area (Å²) in [6, 6.07) is 10.8. The molecule has 2 aromatic rings. The average Bonchev–Trinajstić information content (AvgIpc) is 3.08. The molecule has 0 radical (unpaired) electrons. The third kappa shape index (κ3) is 6.84. The number of piperazine rings is 1. The molecule has 6 aliphatic heterocycles. The van der Waals surface area contributed by atoms with Crippen LogP contribution in [0.5, 0.6) is 0 Å². The van der Waals surface area contributed by atoms with Gasteiger partial charge in [0.05, 0.1) is 35.0 Å². The minimum atomic E-state index is -4.72. The Morgan fingerprint density at radius 1 is 1.06 bits per heavy atom. The number of carbonyl (C=O) groups excluding carboxylic acids is 2. The monoisotopic (exact) mass is 703 g/mol. The van der Waals surface area contributed by atoms with Gasteiger partial charge in [-0.2, -0.15) is 13.2 Å². The fourth-order valence-corrected chi connectivity index (χ4v) is 8.57. The third-order valence-corrected chi connectivity index (χ3v) is 11.5. The van der Waals surface area contributed by atoms with E-state index in [-0.39, 0.29) is 41.3 Å². The van der Waals surface area contributed by atoms with Gasteiger partial charge in [0.25, 0.3) is 0 Å². The van der Waals surface area contributed by atoms with Crippen molar-refractivity contribution in [3.63, 3.8) is 0 Å². The normalized spacial score (nSPS) is 26.1. The zero-order valence-electron chi connectivity index (χ0n) is 27.9. The molecule has 3 atom stereocenters. The first-order valence-corrected chi connectivity index (χ1v) is 17.7. The second kappa shape index (κ2) is 13.6. The maximum Gasteiger partial charge on any atom is 0.418 e. The lowest BCUT2D eigenvalue weighted by atomic mass is 9.89. The van der Waals surface area contributed by atoms with Gasteiger partial charge in [-0.15, -0.1) is 0 Å². The number of amides is 2. The molecule has 3 N–H and O–H groups in total. The van der Waals surface area contributed by atoms with Crippen molar-refractivity contribution in [1.29, 1.82) is 0 Å². The first-order chi connectivity index (χ1) is 23.4. The van der Waals surface area contributed by atoms with Crippen LogP contribution in [0.25, 0.3) is 0 Å². The number of likely N-dealkylation sites (tertiary alicyclic amines) is 1. The summed E-state index contributed by atoms with van der Waals surface area (Å²) in [6.45, 7) is 6.63. The van der Waals surface area contributed by atoms with Crippen molar-refractivity contribution in [1.82, 2.24) is 24.5 Å². The van der Waals surface area contributed by atoms with Crippen LogP contribution in [0.2, 0.25) is 5.02 Å². The Hall–Kier alpha value is -3.10. The van der Waals surface area contributed by atoms with E-state index in [1.54, 1.807) is 9.80 Å². The summed E-state index contributed by atoms with van der Waals surface area (Å²) in [5.74, 6) is -2.30. The predicted octanol–water partition coefficient (Wildman–Crippen LogP) is 4.29. The van der Waals surface area contributed by atoms with Gasteiger partial charge in [-0.1, -0.05) is 29.8 Å². The number of likely N-dealkylation sites (N-methyl/N-ethyl adjacent to an activating group) is 1. The smallest absolute Gasteiger partial charge is 0.397 e. The van der Waals surface area contributed by atoms with E-state index in [1.165, 1.54) is 6.07 Å². The van der Waals surface area contributed by atoms with E-state index in [0.29, 0.717) is 51.7 Å². The van der Waals surface area contributed by atoms with Crippen LogP contribution in [-0.4, -0.2) is 114 Å². The lowest BCUT2D eigenvalue weighted by Gasteiger charge is -2.63. The molecule has 0 aromatic heterocycles. The molecule has 8 rings (SSSR count). The van der Waals surface area contributed by atoms with Crippen LogP contribution in [0.3, 0.4) is 0 Å². The second-order valence-corrected chi connectivity index (χ2v) is 14.7. The highest BCUT2D eigenvalue weighted by atomic mass is 35.5. The van der Waals surface area contributed by atoms with Gasteiger partial charge in [-0.25, -0.2) is 4.90 Å². The quantitative estimate of drug-likeness (QED) is 0.413. The van der Waals surface area contributed by atoms with Crippen molar-refractivity contribution >= 4 is 34.8 Å². The molecule has 0 aliphatic carbocycles. The topological polar surface area (TPSA) is 97.6 Å². The van der Waals surface area contributed by atoms with Crippen LogP contribution < -0.4 is 11.1 Å². The molecule has 2 amide bonds. The molecule has 266 valence electrons. The Balaban J connectivity index is 1.11. The minimum Gasteiger partial charge on any atom is -0.397 e. The molecule has 5 saturated heterocycles. The SMILES string of the molecule is CN1CCN(C2CCN(C(=O)C(CC(=O)N3CCC4CC3(N3CNc5ccccc5C3)O4)Cc3cc(Cl)c(N)c(C(F)(F)F)c3)CC2)CC1. The molecule has 10 nitrogen and oxygen atoms in total. The van der Waals surface area contributed by atoms with Crippen LogP contribution >= 0.6 is 11.6 Å². The van der Waals surface area contributed by atoms with Crippen LogP contribution in [0.4, 0.5) is 24.5 Å². The molecular weight excluding hydrogens is 659 g/mol. The predicted molar refractivity (Wildman–Crippen MR) is 180 cm³/mol. The number of rotatable bonds is 7. The molecule has 14 heteroatoms. The second-order valence-electron chi connectivity index (χ2n) is 14.2. The molecule has 2 aromatic carbocycles. The highest BCUT2D eigenvalue weighted by Gasteiger charge is 2.59. The number of nitrogen functional groups attached to an aromatic ring is 1. The summed E-state index contributed by atoms with van der Waals surface area (Å²) >= 11 is 6.20. The number of nitrogens with one attached hydrogen (secondary N) is 1. The molecule has 6 heterocycles. The number of anilines is 2. The Morgan fingerprint density at radius 3 is 2.49 bits per heavy atom. The largest absolute Gasteiger partial charge is 0.418 e. The fourth-order valence-electron chi connectivity index (χ4n) is 8.33. The number of piperidine rings is 2. The minimum absolute atomic E-state index is 0.0537. The zero-order valence-corrected chi connectivity index (χ0v) is 28.6. The molecular formula is C35H45ClF3N7O3. The van der Waals surface area contributed by atoms with E-state index in [1.807, 2.05) is 24.3 Å². The van der Waals surface area contributed by atoms with Crippen LogP contribution in [0, 0.1) is 5.92 Å². The van der Waals surface area contributed by atoms with E-state index < -0.39 is 29.2 Å². The lowest BCUT2D eigenvalue weighted by Crippen LogP contribution is -2.76. The third-order valence-electron chi connectivity index (χ3n) is 11.2. The zero-order chi connectivity index (χ0) is 34.5. The number of fused-ring (bicyclic) bond motifs is 3. The van der Waals surface area contributed by atoms with E-state index in [0.717, 1.165) is 56.3 Å². The maximum absolute atomic E-state index is 14.3. The summed E-state index contributed by atoms with van der Waals surface area (Å²) in [5.41, 5.74) is 6.49. The number of hydrogen-bond donors (Lipinski definition) is 2. The number of alkyl halides is 3. The first kappa shape index (κ1) is 34.4. The molecule has 0 saturated carbocycles. The van der Waals surface area contributed by atoms with Crippen LogP contribution in [0.1, 0.15) is 48.8 Å². The molecule has 2 bridgehead atoms. The standard InChI is InChI=1S/C35H45ClF3N7O3/c1-42-12-14-43(15-13-42)26-6-9-44(10-7-26)33(48)25(16-23-17-28(35(37,38)39)32(40)29(36)18-23)19-31(47)46-11-8-27-20-34(46,49-27)45-21-24-4-2-3-5-30(24)41-22-45/h2-5,17-18,25-27,41H,6-16,19-22,40H2,1H3. The van der Waals surface area contributed by atoms with Crippen molar-refractivity contribution in [2.24, 2.45) is 5.92 Å². The highest BCUT2D eigenvalue weighted by Crippen LogP contribution is 2.47. The number of nitrogens with zero attached hydrogens (tertiary/aromatic N) is 5. The van der Waals surface area contributed by atoms with E-state index in [4.69, 9.17) is 22.1 Å². The highest BCUT2D eigenvalue weighted by molar-refractivity contribution is 6.33. The van der Waals surface area contributed by atoms with Crippen molar-refractivity contribution in [2.75, 3.05) is 70.6 Å².